The number of aliphatic hydroxyl groups is 2. The Morgan fingerprint density at radius 3 is 2.57 bits per heavy atom. The van der Waals surface area contributed by atoms with Crippen LogP contribution in [0.15, 0.2) is 24.3 Å². The molecule has 6 heteroatoms. The molecule has 0 fully saturated rings. The second-order valence-electron chi connectivity index (χ2n) is 4.83. The number of rotatable bonds is 10. The van der Waals surface area contributed by atoms with Crippen LogP contribution in [-0.4, -0.2) is 46.0 Å². The van der Waals surface area contributed by atoms with Crippen molar-refractivity contribution in [3.05, 3.63) is 29.8 Å². The summed E-state index contributed by atoms with van der Waals surface area (Å²) in [4.78, 5) is 11.0. The van der Waals surface area contributed by atoms with Gasteiger partial charge in [0.05, 0.1) is 18.1 Å². The first-order valence-corrected chi connectivity index (χ1v) is 7.36. The molecule has 1 aromatic rings. The van der Waals surface area contributed by atoms with Gasteiger partial charge in [0, 0.05) is 0 Å². The summed E-state index contributed by atoms with van der Waals surface area (Å²) in [5, 5.41) is 26.7. The van der Waals surface area contributed by atoms with E-state index in [1.54, 1.807) is 18.2 Å². The van der Waals surface area contributed by atoms with Crippen molar-refractivity contribution in [2.75, 3.05) is 13.2 Å². The van der Waals surface area contributed by atoms with Crippen molar-refractivity contribution >= 4 is 17.6 Å². The van der Waals surface area contributed by atoms with Crippen LogP contribution in [0.4, 0.5) is 0 Å². The fraction of sp³-hybridized carbons (Fsp3) is 0.533. The monoisotopic (exact) mass is 316 g/mol. The summed E-state index contributed by atoms with van der Waals surface area (Å²) >= 11 is 6.13. The Morgan fingerprint density at radius 1 is 1.24 bits per heavy atom. The van der Waals surface area contributed by atoms with Gasteiger partial charge in [0.1, 0.15) is 17.9 Å². The van der Waals surface area contributed by atoms with Gasteiger partial charge in [0.25, 0.3) is 0 Å². The first-order valence-electron chi connectivity index (χ1n) is 6.92. The zero-order valence-electron chi connectivity index (χ0n) is 11.7. The third kappa shape index (κ3) is 6.80. The molecule has 0 saturated carbocycles. The Bertz CT molecular complexity index is 438. The normalized spacial score (nSPS) is 13.7. The third-order valence-electron chi connectivity index (χ3n) is 3.05. The maximum Gasteiger partial charge on any atom is 0.339 e. The van der Waals surface area contributed by atoms with E-state index in [1.807, 2.05) is 0 Å². The molecular weight excluding hydrogens is 296 g/mol. The molecule has 0 aromatic heterocycles. The fourth-order valence-corrected chi connectivity index (χ4v) is 2.09. The molecule has 118 valence electrons. The Hall–Kier alpha value is -1.30. The highest BCUT2D eigenvalue weighted by atomic mass is 35.5. The second kappa shape index (κ2) is 9.60. The van der Waals surface area contributed by atoms with Gasteiger partial charge in [-0.25, -0.2) is 4.79 Å². The number of carboxylic acids is 1. The summed E-state index contributed by atoms with van der Waals surface area (Å²) in [5.74, 6) is -0.721. The Labute approximate surface area is 129 Å². The molecule has 1 rings (SSSR count). The van der Waals surface area contributed by atoms with Crippen molar-refractivity contribution in [3.8, 4) is 5.75 Å². The number of benzene rings is 1. The van der Waals surface area contributed by atoms with Crippen molar-refractivity contribution in [2.24, 2.45) is 0 Å². The predicted molar refractivity (Wildman–Crippen MR) is 80.1 cm³/mol. The Morgan fingerprint density at radius 2 is 1.90 bits per heavy atom. The van der Waals surface area contributed by atoms with Crippen molar-refractivity contribution in [2.45, 2.75) is 37.2 Å². The van der Waals surface area contributed by atoms with Crippen LogP contribution in [0, 0.1) is 0 Å². The maximum absolute atomic E-state index is 11.0. The van der Waals surface area contributed by atoms with Crippen LogP contribution in [0.25, 0.3) is 0 Å². The number of halogens is 1. The second-order valence-corrected chi connectivity index (χ2v) is 5.45. The van der Waals surface area contributed by atoms with E-state index in [4.69, 9.17) is 26.6 Å². The van der Waals surface area contributed by atoms with Crippen molar-refractivity contribution < 1.29 is 24.9 Å². The molecule has 2 unspecified atom stereocenters. The van der Waals surface area contributed by atoms with E-state index in [0.717, 1.165) is 12.8 Å². The Balaban J connectivity index is 2.30. The molecule has 3 N–H and O–H groups in total. The highest BCUT2D eigenvalue weighted by Crippen LogP contribution is 2.19. The number of unbranched alkanes of at least 4 members (excludes halogenated alkanes) is 1. The molecule has 0 bridgehead atoms. The average molecular weight is 317 g/mol. The molecule has 0 aliphatic heterocycles. The summed E-state index contributed by atoms with van der Waals surface area (Å²) in [6.45, 7) is 0.00773. The average Bonchev–Trinajstić information content (AvgIpc) is 2.49. The number of para-hydroxylation sites is 1. The lowest BCUT2D eigenvalue weighted by molar-refractivity contribution is 0.0692. The largest absolute Gasteiger partial charge is 0.491 e. The van der Waals surface area contributed by atoms with Gasteiger partial charge in [-0.3, -0.25) is 0 Å². The standard InChI is InChI=1S/C15H21ClO5/c16-11(5-1-2-6-12(18)9-17)10-21-14-8-4-3-7-13(14)15(19)20/h3-4,7-8,11-12,17-18H,1-2,5-6,9-10H2,(H,19,20). The van der Waals surface area contributed by atoms with Crippen LogP contribution in [0.2, 0.25) is 0 Å². The summed E-state index contributed by atoms with van der Waals surface area (Å²) in [7, 11) is 0. The van der Waals surface area contributed by atoms with Gasteiger partial charge in [0.15, 0.2) is 0 Å². The summed E-state index contributed by atoms with van der Waals surface area (Å²) < 4.78 is 5.46. The smallest absolute Gasteiger partial charge is 0.339 e. The van der Waals surface area contributed by atoms with Gasteiger partial charge in [0.2, 0.25) is 0 Å². The van der Waals surface area contributed by atoms with Gasteiger partial charge in [-0.05, 0) is 25.0 Å². The molecule has 0 radical (unpaired) electrons. The molecule has 2 atom stereocenters. The molecule has 1 aromatic carbocycles. The number of alkyl halides is 1. The molecule has 0 amide bonds. The zero-order valence-corrected chi connectivity index (χ0v) is 12.5. The lowest BCUT2D eigenvalue weighted by Gasteiger charge is -2.13. The van der Waals surface area contributed by atoms with Crippen LogP contribution in [0.1, 0.15) is 36.0 Å². The number of ether oxygens (including phenoxy) is 1. The van der Waals surface area contributed by atoms with E-state index in [-0.39, 0.29) is 24.2 Å². The molecule has 5 nitrogen and oxygen atoms in total. The van der Waals surface area contributed by atoms with Crippen LogP contribution in [0.5, 0.6) is 5.75 Å². The molecule has 21 heavy (non-hydrogen) atoms. The van der Waals surface area contributed by atoms with Gasteiger partial charge in [-0.1, -0.05) is 25.0 Å². The molecule has 0 aliphatic carbocycles. The van der Waals surface area contributed by atoms with E-state index in [0.29, 0.717) is 18.6 Å². The highest BCUT2D eigenvalue weighted by molar-refractivity contribution is 6.20. The van der Waals surface area contributed by atoms with Crippen molar-refractivity contribution in [3.63, 3.8) is 0 Å². The van der Waals surface area contributed by atoms with Gasteiger partial charge in [-0.15, -0.1) is 11.6 Å². The molecule has 0 spiro atoms. The summed E-state index contributed by atoms with van der Waals surface area (Å²) in [5.41, 5.74) is 0.118. The lowest BCUT2D eigenvalue weighted by atomic mass is 10.1. The molecular formula is C15H21ClO5. The van der Waals surface area contributed by atoms with Gasteiger partial charge in [-0.2, -0.15) is 0 Å². The first-order chi connectivity index (χ1) is 10.0. The van der Waals surface area contributed by atoms with Crippen molar-refractivity contribution in [1.82, 2.24) is 0 Å². The van der Waals surface area contributed by atoms with Crippen LogP contribution in [0.3, 0.4) is 0 Å². The van der Waals surface area contributed by atoms with E-state index < -0.39 is 12.1 Å². The SMILES string of the molecule is O=C(O)c1ccccc1OCC(Cl)CCCCC(O)CO. The Kier molecular flexibility index (Phi) is 8.12. The zero-order chi connectivity index (χ0) is 15.7. The number of carboxylic acid groups (broad SMARTS) is 1. The summed E-state index contributed by atoms with van der Waals surface area (Å²) in [6, 6.07) is 6.43. The maximum atomic E-state index is 11.0. The van der Waals surface area contributed by atoms with E-state index in [9.17, 15) is 9.90 Å². The summed E-state index contributed by atoms with van der Waals surface area (Å²) in [6.07, 6.45) is 2.17. The number of aromatic carboxylic acids is 1. The first kappa shape index (κ1) is 17.8. The topological polar surface area (TPSA) is 87.0 Å². The van der Waals surface area contributed by atoms with Crippen LogP contribution in [-0.2, 0) is 0 Å². The number of hydrogen-bond donors (Lipinski definition) is 3. The molecule has 0 aliphatic rings. The minimum absolute atomic E-state index is 0.118. The van der Waals surface area contributed by atoms with Gasteiger partial charge >= 0.3 is 5.97 Å². The predicted octanol–water partition coefficient (Wildman–Crippen LogP) is 2.28. The fourth-order valence-electron chi connectivity index (χ4n) is 1.87. The van der Waals surface area contributed by atoms with E-state index in [2.05, 4.69) is 0 Å². The molecule has 0 heterocycles. The van der Waals surface area contributed by atoms with Crippen molar-refractivity contribution in [1.29, 1.82) is 0 Å². The third-order valence-corrected chi connectivity index (χ3v) is 3.40. The number of aliphatic hydroxyl groups excluding tert-OH is 2. The minimum atomic E-state index is -1.03. The van der Waals surface area contributed by atoms with Crippen LogP contribution < -0.4 is 4.74 Å². The van der Waals surface area contributed by atoms with E-state index in [1.165, 1.54) is 6.07 Å². The van der Waals surface area contributed by atoms with Crippen LogP contribution >= 0.6 is 11.6 Å². The number of hydrogen-bond acceptors (Lipinski definition) is 4. The van der Waals surface area contributed by atoms with E-state index >= 15 is 0 Å². The lowest BCUT2D eigenvalue weighted by Crippen LogP contribution is -2.14. The highest BCUT2D eigenvalue weighted by Gasteiger charge is 2.12. The van der Waals surface area contributed by atoms with Gasteiger partial charge < -0.3 is 20.1 Å². The number of carbonyl (C=O) groups is 1. The minimum Gasteiger partial charge on any atom is -0.491 e. The molecule has 0 saturated heterocycles. The quantitative estimate of drug-likeness (QED) is 0.455.